The number of pyridine rings is 1. The molecule has 15 heavy (non-hydrogen) atoms. The van der Waals surface area contributed by atoms with Gasteiger partial charge in [0.15, 0.2) is 0 Å². The highest BCUT2D eigenvalue weighted by atomic mass is 15.1. The van der Waals surface area contributed by atoms with Crippen molar-refractivity contribution in [2.45, 2.75) is 6.54 Å². The fourth-order valence-electron chi connectivity index (χ4n) is 1.16. The smallest absolute Gasteiger partial charge is 0.142 e. The van der Waals surface area contributed by atoms with E-state index in [0.717, 1.165) is 5.69 Å². The number of hydrogen-bond acceptors (Lipinski definition) is 4. The molecule has 0 aromatic carbocycles. The summed E-state index contributed by atoms with van der Waals surface area (Å²) in [4.78, 5) is 4.08. The number of hydrogen-bond donors (Lipinski definition) is 2. The van der Waals surface area contributed by atoms with Gasteiger partial charge < -0.3 is 5.32 Å². The average molecular weight is 199 g/mol. The zero-order valence-electron chi connectivity index (χ0n) is 7.94. The quantitative estimate of drug-likeness (QED) is 0.780. The number of anilines is 1. The highest BCUT2D eigenvalue weighted by molar-refractivity contribution is 5.38. The highest BCUT2D eigenvalue weighted by Crippen LogP contribution is 2.05. The molecule has 0 atom stereocenters. The number of aromatic nitrogens is 3. The van der Waals surface area contributed by atoms with E-state index in [1.807, 2.05) is 18.2 Å². The maximum atomic E-state index is 8.66. The van der Waals surface area contributed by atoms with Crippen LogP contribution >= 0.6 is 0 Å². The van der Waals surface area contributed by atoms with Gasteiger partial charge in [0, 0.05) is 6.20 Å². The Balaban J connectivity index is 2.02. The molecular weight excluding hydrogens is 190 g/mol. The van der Waals surface area contributed by atoms with Gasteiger partial charge in [-0.1, -0.05) is 6.07 Å². The summed E-state index contributed by atoms with van der Waals surface area (Å²) >= 11 is 0. The van der Waals surface area contributed by atoms with Crippen molar-refractivity contribution in [2.24, 2.45) is 0 Å². The van der Waals surface area contributed by atoms with Crippen LogP contribution in [0.25, 0.3) is 0 Å². The van der Waals surface area contributed by atoms with Crippen LogP contribution in [0.15, 0.2) is 30.5 Å². The molecule has 0 saturated heterocycles. The summed E-state index contributed by atoms with van der Waals surface area (Å²) in [5, 5.41) is 18.4. The van der Waals surface area contributed by atoms with Gasteiger partial charge in [0.25, 0.3) is 0 Å². The van der Waals surface area contributed by atoms with E-state index < -0.39 is 0 Å². The highest BCUT2D eigenvalue weighted by Gasteiger charge is 1.97. The Hall–Kier alpha value is -2.35. The van der Waals surface area contributed by atoms with Crippen molar-refractivity contribution in [3.63, 3.8) is 0 Å². The molecule has 0 aliphatic heterocycles. The van der Waals surface area contributed by atoms with E-state index in [1.54, 1.807) is 18.3 Å². The summed E-state index contributed by atoms with van der Waals surface area (Å²) in [5.41, 5.74) is 1.38. The van der Waals surface area contributed by atoms with Crippen molar-refractivity contribution in [3.8, 4) is 6.07 Å². The molecular formula is C10H9N5. The van der Waals surface area contributed by atoms with Gasteiger partial charge in [-0.3, -0.25) is 5.10 Å². The van der Waals surface area contributed by atoms with Crippen LogP contribution in [0.2, 0.25) is 0 Å². The first-order chi connectivity index (χ1) is 7.38. The molecule has 74 valence electrons. The van der Waals surface area contributed by atoms with E-state index in [9.17, 15) is 0 Å². The first-order valence-corrected chi connectivity index (χ1v) is 4.48. The lowest BCUT2D eigenvalue weighted by Crippen LogP contribution is -2.02. The SMILES string of the molecule is N#Cc1cccc(NCc2ccn[nH]2)n1. The van der Waals surface area contributed by atoms with Crippen LogP contribution in [-0.2, 0) is 6.54 Å². The topological polar surface area (TPSA) is 77.4 Å². The Morgan fingerprint density at radius 2 is 2.33 bits per heavy atom. The Morgan fingerprint density at radius 3 is 3.07 bits per heavy atom. The third kappa shape index (κ3) is 2.31. The zero-order valence-corrected chi connectivity index (χ0v) is 7.94. The number of rotatable bonds is 3. The van der Waals surface area contributed by atoms with Crippen molar-refractivity contribution in [3.05, 3.63) is 41.9 Å². The molecule has 2 rings (SSSR count). The van der Waals surface area contributed by atoms with E-state index in [4.69, 9.17) is 5.26 Å². The molecule has 5 nitrogen and oxygen atoms in total. The normalized spacial score (nSPS) is 9.53. The van der Waals surface area contributed by atoms with Gasteiger partial charge >= 0.3 is 0 Å². The standard InChI is InChI=1S/C10H9N5/c11-6-8-2-1-3-10(14-8)12-7-9-4-5-13-15-9/h1-5H,7H2,(H,12,14)(H,13,15). The van der Waals surface area contributed by atoms with Crippen molar-refractivity contribution in [1.29, 1.82) is 5.26 Å². The van der Waals surface area contributed by atoms with Crippen LogP contribution in [0.1, 0.15) is 11.4 Å². The van der Waals surface area contributed by atoms with Gasteiger partial charge in [-0.15, -0.1) is 0 Å². The predicted octanol–water partition coefficient (Wildman–Crippen LogP) is 1.29. The summed E-state index contributed by atoms with van der Waals surface area (Å²) < 4.78 is 0. The first kappa shape index (κ1) is 9.21. The third-order valence-electron chi connectivity index (χ3n) is 1.88. The number of nitrogens with one attached hydrogen (secondary N) is 2. The largest absolute Gasteiger partial charge is 0.364 e. The van der Waals surface area contributed by atoms with E-state index >= 15 is 0 Å². The van der Waals surface area contributed by atoms with E-state index in [1.165, 1.54) is 0 Å². The second-order valence-corrected chi connectivity index (χ2v) is 2.96. The second-order valence-electron chi connectivity index (χ2n) is 2.96. The molecule has 0 bridgehead atoms. The monoisotopic (exact) mass is 199 g/mol. The van der Waals surface area contributed by atoms with Crippen LogP contribution in [0, 0.1) is 11.3 Å². The molecule has 0 fully saturated rings. The van der Waals surface area contributed by atoms with Crippen LogP contribution < -0.4 is 5.32 Å². The van der Waals surface area contributed by atoms with Crippen LogP contribution in [-0.4, -0.2) is 15.2 Å². The van der Waals surface area contributed by atoms with Gasteiger partial charge in [0.05, 0.1) is 12.2 Å². The Bertz CT molecular complexity index is 469. The Labute approximate surface area is 86.8 Å². The van der Waals surface area contributed by atoms with Crippen LogP contribution in [0.3, 0.4) is 0 Å². The third-order valence-corrected chi connectivity index (χ3v) is 1.88. The van der Waals surface area contributed by atoms with Crippen molar-refractivity contribution < 1.29 is 0 Å². The van der Waals surface area contributed by atoms with Crippen molar-refractivity contribution in [1.82, 2.24) is 15.2 Å². The molecule has 0 aliphatic rings. The summed E-state index contributed by atoms with van der Waals surface area (Å²) in [5.74, 6) is 0.684. The lowest BCUT2D eigenvalue weighted by atomic mass is 10.3. The van der Waals surface area contributed by atoms with Gasteiger partial charge in [-0.25, -0.2) is 4.98 Å². The summed E-state index contributed by atoms with van der Waals surface area (Å²) in [6, 6.07) is 9.14. The summed E-state index contributed by atoms with van der Waals surface area (Å²) in [6.07, 6.45) is 1.69. The number of aromatic amines is 1. The van der Waals surface area contributed by atoms with Gasteiger partial charge in [-0.05, 0) is 18.2 Å². The molecule has 2 aromatic rings. The second kappa shape index (κ2) is 4.24. The number of H-pyrrole nitrogens is 1. The molecule has 0 saturated carbocycles. The Kier molecular flexibility index (Phi) is 2.61. The number of nitriles is 1. The maximum absolute atomic E-state index is 8.66. The minimum atomic E-state index is 0.407. The maximum Gasteiger partial charge on any atom is 0.142 e. The molecule has 5 heteroatoms. The molecule has 0 spiro atoms. The van der Waals surface area contributed by atoms with E-state index in [2.05, 4.69) is 20.5 Å². The first-order valence-electron chi connectivity index (χ1n) is 4.48. The Morgan fingerprint density at radius 1 is 1.40 bits per heavy atom. The molecule has 0 amide bonds. The summed E-state index contributed by atoms with van der Waals surface area (Å²) in [7, 11) is 0. The molecule has 0 radical (unpaired) electrons. The minimum absolute atomic E-state index is 0.407. The lowest BCUT2D eigenvalue weighted by molar-refractivity contribution is 0.973. The zero-order chi connectivity index (χ0) is 10.5. The lowest BCUT2D eigenvalue weighted by Gasteiger charge is -2.02. The molecule has 0 unspecified atom stereocenters. The van der Waals surface area contributed by atoms with E-state index in [-0.39, 0.29) is 0 Å². The van der Waals surface area contributed by atoms with Crippen molar-refractivity contribution >= 4 is 5.82 Å². The fraction of sp³-hybridized carbons (Fsp3) is 0.100. The van der Waals surface area contributed by atoms with Crippen LogP contribution in [0.5, 0.6) is 0 Å². The average Bonchev–Trinajstić information content (AvgIpc) is 2.79. The van der Waals surface area contributed by atoms with Gasteiger partial charge in [-0.2, -0.15) is 10.4 Å². The number of nitrogens with zero attached hydrogens (tertiary/aromatic N) is 3. The van der Waals surface area contributed by atoms with Crippen molar-refractivity contribution in [2.75, 3.05) is 5.32 Å². The molecule has 2 N–H and O–H groups in total. The minimum Gasteiger partial charge on any atom is -0.364 e. The molecule has 0 aliphatic carbocycles. The predicted molar refractivity (Wildman–Crippen MR) is 54.9 cm³/mol. The van der Waals surface area contributed by atoms with Gasteiger partial charge in [0.2, 0.25) is 0 Å². The van der Waals surface area contributed by atoms with Crippen LogP contribution in [0.4, 0.5) is 5.82 Å². The van der Waals surface area contributed by atoms with Gasteiger partial charge in [0.1, 0.15) is 17.6 Å². The molecule has 2 aromatic heterocycles. The summed E-state index contributed by atoms with van der Waals surface area (Å²) in [6.45, 7) is 0.613. The van der Waals surface area contributed by atoms with E-state index in [0.29, 0.717) is 18.1 Å². The fourth-order valence-corrected chi connectivity index (χ4v) is 1.16. The molecule has 2 heterocycles.